The number of hydrogen-bond donors (Lipinski definition) is 2. The van der Waals surface area contributed by atoms with Crippen LogP contribution in [0.3, 0.4) is 0 Å². The molecule has 1 saturated carbocycles. The molecule has 1 aliphatic rings. The summed E-state index contributed by atoms with van der Waals surface area (Å²) in [4.78, 5) is 9.36. The van der Waals surface area contributed by atoms with Crippen molar-refractivity contribution in [1.29, 1.82) is 0 Å². The fourth-order valence-electron chi connectivity index (χ4n) is 1.79. The van der Waals surface area contributed by atoms with Gasteiger partial charge in [-0.15, -0.1) is 11.8 Å². The molecule has 0 bridgehead atoms. The van der Waals surface area contributed by atoms with Crippen LogP contribution in [0.4, 0.5) is 5.82 Å². The molecule has 2 rings (SSSR count). The van der Waals surface area contributed by atoms with Crippen LogP contribution in [0.2, 0.25) is 0 Å². The van der Waals surface area contributed by atoms with Gasteiger partial charge in [-0.25, -0.2) is 9.97 Å². The quantitative estimate of drug-likeness (QED) is 0.594. The molecule has 0 aromatic carbocycles. The molecule has 5 heteroatoms. The van der Waals surface area contributed by atoms with Crippen molar-refractivity contribution in [3.63, 3.8) is 0 Å². The van der Waals surface area contributed by atoms with Crippen LogP contribution in [-0.2, 0) is 0 Å². The third-order valence-corrected chi connectivity index (χ3v) is 4.35. The molecule has 1 unspecified atom stereocenters. The Bertz CT molecular complexity index is 435. The zero-order valence-electron chi connectivity index (χ0n) is 11.9. The molecule has 106 valence electrons. The highest BCUT2D eigenvalue weighted by Gasteiger charge is 2.28. The third kappa shape index (κ3) is 3.83. The van der Waals surface area contributed by atoms with Crippen molar-refractivity contribution >= 4 is 17.6 Å². The molecule has 1 heterocycles. The van der Waals surface area contributed by atoms with E-state index in [0.717, 1.165) is 35.2 Å². The number of nitrogens with one attached hydrogen (secondary N) is 1. The van der Waals surface area contributed by atoms with Crippen molar-refractivity contribution in [3.05, 3.63) is 11.4 Å². The van der Waals surface area contributed by atoms with Crippen LogP contribution in [0.5, 0.6) is 0 Å². The van der Waals surface area contributed by atoms with E-state index in [1.165, 1.54) is 12.8 Å². The molecule has 0 aliphatic heterocycles. The summed E-state index contributed by atoms with van der Waals surface area (Å²) in [7, 11) is 0. The van der Waals surface area contributed by atoms with Gasteiger partial charge in [-0.1, -0.05) is 13.8 Å². The molecule has 1 fully saturated rings. The zero-order valence-corrected chi connectivity index (χ0v) is 12.8. The van der Waals surface area contributed by atoms with E-state index in [1.54, 1.807) is 11.8 Å². The SMILES string of the molecule is CCCNc1nc(C2CC2)nc(SC(C)CO)c1C. The highest BCUT2D eigenvalue weighted by Crippen LogP contribution is 2.40. The van der Waals surface area contributed by atoms with Gasteiger partial charge in [0.2, 0.25) is 0 Å². The Labute approximate surface area is 119 Å². The number of thioether (sulfide) groups is 1. The summed E-state index contributed by atoms with van der Waals surface area (Å²) in [6.45, 7) is 7.32. The Hall–Kier alpha value is -0.810. The van der Waals surface area contributed by atoms with E-state index >= 15 is 0 Å². The van der Waals surface area contributed by atoms with E-state index in [-0.39, 0.29) is 11.9 Å². The van der Waals surface area contributed by atoms with E-state index in [9.17, 15) is 5.11 Å². The predicted octanol–water partition coefficient (Wildman–Crippen LogP) is 2.96. The molecule has 1 atom stereocenters. The van der Waals surface area contributed by atoms with Crippen LogP contribution in [0.1, 0.15) is 50.4 Å². The highest BCUT2D eigenvalue weighted by molar-refractivity contribution is 7.99. The van der Waals surface area contributed by atoms with E-state index in [1.807, 2.05) is 6.92 Å². The lowest BCUT2D eigenvalue weighted by molar-refractivity contribution is 0.300. The normalized spacial score (nSPS) is 16.4. The second kappa shape index (κ2) is 6.57. The second-order valence-electron chi connectivity index (χ2n) is 5.17. The summed E-state index contributed by atoms with van der Waals surface area (Å²) in [6.07, 6.45) is 3.49. The van der Waals surface area contributed by atoms with Gasteiger partial charge in [0.1, 0.15) is 16.7 Å². The van der Waals surface area contributed by atoms with Gasteiger partial charge in [0.05, 0.1) is 6.61 Å². The summed E-state index contributed by atoms with van der Waals surface area (Å²) in [5, 5.41) is 13.8. The first-order valence-electron chi connectivity index (χ1n) is 7.05. The molecular weight excluding hydrogens is 258 g/mol. The van der Waals surface area contributed by atoms with E-state index < -0.39 is 0 Å². The fraction of sp³-hybridized carbons (Fsp3) is 0.714. The lowest BCUT2D eigenvalue weighted by Crippen LogP contribution is -2.10. The largest absolute Gasteiger partial charge is 0.395 e. The van der Waals surface area contributed by atoms with Crippen molar-refractivity contribution in [2.45, 2.75) is 56.2 Å². The van der Waals surface area contributed by atoms with Crippen molar-refractivity contribution in [2.75, 3.05) is 18.5 Å². The van der Waals surface area contributed by atoms with Gasteiger partial charge in [-0.2, -0.15) is 0 Å². The summed E-state index contributed by atoms with van der Waals surface area (Å²) in [6, 6.07) is 0. The maximum atomic E-state index is 9.21. The van der Waals surface area contributed by atoms with Crippen molar-refractivity contribution < 1.29 is 5.11 Å². The van der Waals surface area contributed by atoms with Crippen molar-refractivity contribution in [3.8, 4) is 0 Å². The summed E-state index contributed by atoms with van der Waals surface area (Å²) in [5.74, 6) is 2.48. The maximum Gasteiger partial charge on any atom is 0.135 e. The molecular formula is C14H23N3OS. The first kappa shape index (κ1) is 14.6. The minimum absolute atomic E-state index is 0.166. The number of hydrogen-bond acceptors (Lipinski definition) is 5. The minimum Gasteiger partial charge on any atom is -0.395 e. The molecule has 0 saturated heterocycles. The monoisotopic (exact) mass is 281 g/mol. The van der Waals surface area contributed by atoms with Crippen LogP contribution >= 0.6 is 11.8 Å². The lowest BCUT2D eigenvalue weighted by atomic mass is 10.3. The Morgan fingerprint density at radius 2 is 2.16 bits per heavy atom. The van der Waals surface area contributed by atoms with Crippen molar-refractivity contribution in [1.82, 2.24) is 9.97 Å². The van der Waals surface area contributed by atoms with Gasteiger partial charge >= 0.3 is 0 Å². The summed E-state index contributed by atoms with van der Waals surface area (Å²) in [5.41, 5.74) is 1.10. The van der Waals surface area contributed by atoms with Gasteiger partial charge in [0, 0.05) is 23.3 Å². The topological polar surface area (TPSA) is 58.0 Å². The van der Waals surface area contributed by atoms with Crippen LogP contribution in [0.15, 0.2) is 5.03 Å². The third-order valence-electron chi connectivity index (χ3n) is 3.17. The molecule has 0 radical (unpaired) electrons. The number of aliphatic hydroxyl groups excluding tert-OH is 1. The van der Waals surface area contributed by atoms with Gasteiger partial charge < -0.3 is 10.4 Å². The fourth-order valence-corrected chi connectivity index (χ4v) is 2.67. The van der Waals surface area contributed by atoms with E-state index in [0.29, 0.717) is 5.92 Å². The number of aromatic nitrogens is 2. The number of nitrogens with zero attached hydrogens (tertiary/aromatic N) is 2. The second-order valence-corrected chi connectivity index (χ2v) is 6.60. The first-order valence-corrected chi connectivity index (χ1v) is 7.93. The molecule has 1 aromatic rings. The lowest BCUT2D eigenvalue weighted by Gasteiger charge is -2.15. The predicted molar refractivity (Wildman–Crippen MR) is 79.9 cm³/mol. The molecule has 1 aliphatic carbocycles. The van der Waals surface area contributed by atoms with Crippen LogP contribution < -0.4 is 5.32 Å². The molecule has 1 aromatic heterocycles. The molecule has 0 amide bonds. The number of anilines is 1. The summed E-state index contributed by atoms with van der Waals surface area (Å²) < 4.78 is 0. The molecule has 2 N–H and O–H groups in total. The van der Waals surface area contributed by atoms with E-state index in [2.05, 4.69) is 24.1 Å². The Morgan fingerprint density at radius 3 is 2.74 bits per heavy atom. The first-order chi connectivity index (χ1) is 9.15. The van der Waals surface area contributed by atoms with Gasteiger partial charge in [0.15, 0.2) is 0 Å². The van der Waals surface area contributed by atoms with Crippen molar-refractivity contribution in [2.24, 2.45) is 0 Å². The van der Waals surface area contributed by atoms with E-state index in [4.69, 9.17) is 4.98 Å². The van der Waals surface area contributed by atoms with Gasteiger partial charge in [0.25, 0.3) is 0 Å². The van der Waals surface area contributed by atoms with Gasteiger partial charge in [-0.3, -0.25) is 0 Å². The number of rotatable bonds is 7. The Kier molecular flexibility index (Phi) is 5.05. The van der Waals surface area contributed by atoms with Gasteiger partial charge in [-0.05, 0) is 26.2 Å². The van der Waals surface area contributed by atoms with Crippen LogP contribution in [-0.4, -0.2) is 33.5 Å². The Balaban J connectivity index is 2.25. The molecule has 19 heavy (non-hydrogen) atoms. The summed E-state index contributed by atoms with van der Waals surface area (Å²) >= 11 is 1.64. The zero-order chi connectivity index (χ0) is 13.8. The molecule has 4 nitrogen and oxygen atoms in total. The van der Waals surface area contributed by atoms with Crippen LogP contribution in [0.25, 0.3) is 0 Å². The standard InChI is InChI=1S/C14H23N3OS/c1-4-7-15-12-10(3)14(19-9(2)8-18)17-13(16-12)11-5-6-11/h9,11,18H,4-8H2,1-3H3,(H,15,16,17). The number of aliphatic hydroxyl groups is 1. The Morgan fingerprint density at radius 1 is 1.42 bits per heavy atom. The average molecular weight is 281 g/mol. The minimum atomic E-state index is 0.166. The molecule has 0 spiro atoms. The smallest absolute Gasteiger partial charge is 0.135 e. The maximum absolute atomic E-state index is 9.21. The highest BCUT2D eigenvalue weighted by atomic mass is 32.2. The van der Waals surface area contributed by atoms with Crippen LogP contribution in [0, 0.1) is 6.92 Å². The average Bonchev–Trinajstić information content (AvgIpc) is 3.23.